The largest absolute Gasteiger partial charge is 0.383 e. The van der Waals surface area contributed by atoms with Crippen molar-refractivity contribution in [1.82, 2.24) is 0 Å². The lowest BCUT2D eigenvalue weighted by atomic mass is 10.1. The number of hydrogen-bond donors (Lipinski definition) is 2. The third-order valence-electron chi connectivity index (χ3n) is 3.75. The molecule has 108 valence electrons. The molecule has 20 heavy (non-hydrogen) atoms. The van der Waals surface area contributed by atoms with Crippen LogP contribution in [0.3, 0.4) is 0 Å². The van der Waals surface area contributed by atoms with Gasteiger partial charge in [-0.3, -0.25) is 4.79 Å². The number of ether oxygens (including phenoxy) is 1. The highest BCUT2D eigenvalue weighted by Gasteiger charge is 2.34. The van der Waals surface area contributed by atoms with Gasteiger partial charge in [-0.25, -0.2) is 0 Å². The summed E-state index contributed by atoms with van der Waals surface area (Å²) in [6.45, 7) is 1.38. The van der Waals surface area contributed by atoms with Crippen LogP contribution in [0.2, 0.25) is 5.02 Å². The number of amides is 1. The fraction of sp³-hybridized carbons (Fsp3) is 0.500. The lowest BCUT2D eigenvalue weighted by Gasteiger charge is -2.26. The van der Waals surface area contributed by atoms with Crippen molar-refractivity contribution in [1.29, 1.82) is 0 Å². The van der Waals surface area contributed by atoms with Gasteiger partial charge in [0.2, 0.25) is 0 Å². The first-order valence-electron chi connectivity index (χ1n) is 6.69. The van der Waals surface area contributed by atoms with E-state index in [-0.39, 0.29) is 0 Å². The highest BCUT2D eigenvalue weighted by atomic mass is 35.5. The number of methoxy groups -OCH3 is 1. The molecule has 0 spiro atoms. The number of halogens is 1. The van der Waals surface area contributed by atoms with Crippen LogP contribution in [-0.4, -0.2) is 37.3 Å². The number of rotatable bonds is 5. The number of nitrogens with one attached hydrogen (secondary N) is 1. The number of fused-ring (bicyclic) bond motifs is 1. The summed E-state index contributed by atoms with van der Waals surface area (Å²) in [4.78, 5) is 13.7. The quantitative estimate of drug-likeness (QED) is 0.872. The van der Waals surface area contributed by atoms with Gasteiger partial charge in [0.15, 0.2) is 6.10 Å². The van der Waals surface area contributed by atoms with Gasteiger partial charge in [-0.05, 0) is 25.0 Å². The smallest absolute Gasteiger partial charge is 0.257 e. The molecular formula is C14H17ClN2O3. The van der Waals surface area contributed by atoms with Crippen LogP contribution in [0.4, 0.5) is 11.4 Å². The summed E-state index contributed by atoms with van der Waals surface area (Å²) in [7, 11) is 1.67. The molecule has 1 aliphatic heterocycles. The summed E-state index contributed by atoms with van der Waals surface area (Å²) in [6.07, 6.45) is 1.17. The molecule has 1 aromatic carbocycles. The Balaban J connectivity index is 1.93. The standard InChI is InChI=1S/C14H17ClN2O3/c1-20-5-4-17(8-2-3-8)12-7-11-9(6-10(12)15)13(18)14(19)16-11/h6-8,13,18H,2-5H2,1H3,(H,16,19). The molecule has 0 bridgehead atoms. The molecule has 1 saturated carbocycles. The van der Waals surface area contributed by atoms with Crippen LogP contribution >= 0.6 is 11.6 Å². The highest BCUT2D eigenvalue weighted by Crippen LogP contribution is 2.42. The second kappa shape index (κ2) is 5.24. The van der Waals surface area contributed by atoms with Crippen molar-refractivity contribution in [2.24, 2.45) is 0 Å². The number of carbonyl (C=O) groups is 1. The van der Waals surface area contributed by atoms with Crippen molar-refractivity contribution in [3.8, 4) is 0 Å². The lowest BCUT2D eigenvalue weighted by Crippen LogP contribution is -2.29. The van der Waals surface area contributed by atoms with Crippen LogP contribution in [0.15, 0.2) is 12.1 Å². The van der Waals surface area contributed by atoms with Crippen LogP contribution in [-0.2, 0) is 9.53 Å². The zero-order valence-corrected chi connectivity index (χ0v) is 12.0. The first-order valence-corrected chi connectivity index (χ1v) is 7.07. The van der Waals surface area contributed by atoms with Crippen LogP contribution in [0.5, 0.6) is 0 Å². The predicted molar refractivity (Wildman–Crippen MR) is 77.3 cm³/mol. The van der Waals surface area contributed by atoms with E-state index in [9.17, 15) is 9.90 Å². The molecule has 2 N–H and O–H groups in total. The number of nitrogens with zero attached hydrogens (tertiary/aromatic N) is 1. The first-order chi connectivity index (χ1) is 9.61. The van der Waals surface area contributed by atoms with Gasteiger partial charge in [0.05, 0.1) is 17.3 Å². The van der Waals surface area contributed by atoms with Gasteiger partial charge in [0.1, 0.15) is 0 Å². The molecule has 6 heteroatoms. The van der Waals surface area contributed by atoms with Gasteiger partial charge in [-0.15, -0.1) is 0 Å². The average Bonchev–Trinajstić information content (AvgIpc) is 3.21. The van der Waals surface area contributed by atoms with E-state index >= 15 is 0 Å². The van der Waals surface area contributed by atoms with E-state index in [1.165, 1.54) is 0 Å². The molecule has 1 unspecified atom stereocenters. The van der Waals surface area contributed by atoms with E-state index in [2.05, 4.69) is 10.2 Å². The summed E-state index contributed by atoms with van der Waals surface area (Å²) in [6, 6.07) is 4.01. The van der Waals surface area contributed by atoms with Crippen molar-refractivity contribution < 1.29 is 14.6 Å². The number of aliphatic hydroxyl groups is 1. The van der Waals surface area contributed by atoms with Crippen LogP contribution in [0, 0.1) is 0 Å². The Labute approximate surface area is 122 Å². The minimum atomic E-state index is -1.12. The highest BCUT2D eigenvalue weighted by molar-refractivity contribution is 6.33. The minimum Gasteiger partial charge on any atom is -0.383 e. The molecule has 1 aromatic rings. The summed E-state index contributed by atoms with van der Waals surface area (Å²) < 4.78 is 5.14. The predicted octanol–water partition coefficient (Wildman–Crippen LogP) is 1.94. The number of hydrogen-bond acceptors (Lipinski definition) is 4. The summed E-state index contributed by atoms with van der Waals surface area (Å²) in [5, 5.41) is 13.0. The average molecular weight is 297 g/mol. The van der Waals surface area contributed by atoms with Crippen molar-refractivity contribution in [3.05, 3.63) is 22.7 Å². The fourth-order valence-electron chi connectivity index (χ4n) is 2.55. The first kappa shape index (κ1) is 13.7. The molecule has 3 rings (SSSR count). The second-order valence-corrected chi connectivity index (χ2v) is 5.61. The van der Waals surface area contributed by atoms with Gasteiger partial charge < -0.3 is 20.1 Å². The Hall–Kier alpha value is -1.30. The van der Waals surface area contributed by atoms with E-state index in [1.807, 2.05) is 6.07 Å². The third kappa shape index (κ3) is 2.37. The van der Waals surface area contributed by atoms with Crippen LogP contribution in [0.25, 0.3) is 0 Å². The summed E-state index contributed by atoms with van der Waals surface area (Å²) in [5.41, 5.74) is 2.08. The Morgan fingerprint density at radius 2 is 2.25 bits per heavy atom. The van der Waals surface area contributed by atoms with Crippen LogP contribution in [0.1, 0.15) is 24.5 Å². The van der Waals surface area contributed by atoms with E-state index < -0.39 is 12.0 Å². The maximum atomic E-state index is 11.5. The van der Waals surface area contributed by atoms with Gasteiger partial charge >= 0.3 is 0 Å². The number of aliphatic hydroxyl groups excluding tert-OH is 1. The molecule has 1 heterocycles. The zero-order valence-electron chi connectivity index (χ0n) is 11.2. The topological polar surface area (TPSA) is 61.8 Å². The number of anilines is 2. The zero-order chi connectivity index (χ0) is 14.3. The summed E-state index contributed by atoms with van der Waals surface area (Å²) >= 11 is 6.33. The molecule has 1 fully saturated rings. The maximum absolute atomic E-state index is 11.5. The molecule has 0 radical (unpaired) electrons. The molecule has 1 amide bonds. The molecule has 5 nitrogen and oxygen atoms in total. The molecule has 1 atom stereocenters. The number of benzene rings is 1. The molecule has 2 aliphatic rings. The van der Waals surface area contributed by atoms with E-state index in [0.717, 1.165) is 25.1 Å². The fourth-order valence-corrected chi connectivity index (χ4v) is 2.83. The Kier molecular flexibility index (Phi) is 3.58. The van der Waals surface area contributed by atoms with Crippen molar-refractivity contribution in [3.63, 3.8) is 0 Å². The lowest BCUT2D eigenvalue weighted by molar-refractivity contribution is -0.123. The van der Waals surface area contributed by atoms with Gasteiger partial charge in [0.25, 0.3) is 5.91 Å². The van der Waals surface area contributed by atoms with E-state index in [4.69, 9.17) is 16.3 Å². The second-order valence-electron chi connectivity index (χ2n) is 5.20. The molecule has 0 saturated heterocycles. The van der Waals surface area contributed by atoms with E-state index in [1.54, 1.807) is 13.2 Å². The van der Waals surface area contributed by atoms with E-state index in [0.29, 0.717) is 28.9 Å². The Morgan fingerprint density at radius 3 is 2.90 bits per heavy atom. The van der Waals surface area contributed by atoms with Crippen molar-refractivity contribution in [2.45, 2.75) is 25.0 Å². The Bertz CT molecular complexity index is 545. The number of carbonyl (C=O) groups excluding carboxylic acids is 1. The van der Waals surface area contributed by atoms with Gasteiger partial charge in [0, 0.05) is 30.9 Å². The molecule has 1 aliphatic carbocycles. The Morgan fingerprint density at radius 1 is 1.50 bits per heavy atom. The van der Waals surface area contributed by atoms with Gasteiger partial charge in [-0.1, -0.05) is 11.6 Å². The normalized spacial score (nSPS) is 20.8. The van der Waals surface area contributed by atoms with Crippen LogP contribution < -0.4 is 10.2 Å². The van der Waals surface area contributed by atoms with Gasteiger partial charge in [-0.2, -0.15) is 0 Å². The molecule has 0 aromatic heterocycles. The SMILES string of the molecule is COCCN(c1cc2c(cc1Cl)C(O)C(=O)N2)C1CC1. The minimum absolute atomic E-state index is 0.400. The molecular weight excluding hydrogens is 280 g/mol. The third-order valence-corrected chi connectivity index (χ3v) is 4.06. The monoisotopic (exact) mass is 296 g/mol. The van der Waals surface area contributed by atoms with Crippen molar-refractivity contribution >= 4 is 28.9 Å². The van der Waals surface area contributed by atoms with Crippen molar-refractivity contribution in [2.75, 3.05) is 30.5 Å². The summed E-state index contributed by atoms with van der Waals surface area (Å²) in [5.74, 6) is -0.400. The maximum Gasteiger partial charge on any atom is 0.257 e.